The van der Waals surface area contributed by atoms with Gasteiger partial charge in [0, 0.05) is 0 Å². The monoisotopic (exact) mass is 119 g/mol. The summed E-state index contributed by atoms with van der Waals surface area (Å²) in [5, 5.41) is 13.6. The van der Waals surface area contributed by atoms with Crippen molar-refractivity contribution in [2.45, 2.75) is 0 Å². The van der Waals surface area contributed by atoms with Crippen molar-refractivity contribution in [1.29, 1.82) is 0 Å². The Kier molecular flexibility index (Phi) is 6.57. The van der Waals surface area contributed by atoms with Gasteiger partial charge in [-0.3, -0.25) is 0 Å². The number of nitrogens with zero attached hydrogens (tertiary/aromatic N) is 1. The smallest absolute Gasteiger partial charge is 0.328 e. The third-order valence-corrected chi connectivity index (χ3v) is 0. The predicted octanol–water partition coefficient (Wildman–Crippen LogP) is -0.350. The van der Waals surface area contributed by atoms with Crippen molar-refractivity contribution < 1.29 is 27.4 Å². The van der Waals surface area contributed by atoms with Gasteiger partial charge in [0.15, 0.2) is 0 Å². The zero-order chi connectivity index (χ0) is 3.58. The molecule has 0 aliphatic carbocycles. The second-order valence-electron chi connectivity index (χ2n) is 0.238. The van der Waals surface area contributed by atoms with Crippen LogP contribution in [0.3, 0.4) is 0 Å². The molecule has 0 bridgehead atoms. The van der Waals surface area contributed by atoms with E-state index in [2.05, 4.69) is 0 Å². The molecule has 0 spiro atoms. The Bertz CT molecular complexity index is 29.9. The van der Waals surface area contributed by atoms with Gasteiger partial charge in [-0.1, -0.05) is 0 Å². The molecule has 0 aromatic rings. The molecule has 0 aromatic carbocycles. The SMILES string of the molecule is O=[N+]([O-])O.[Fe+3]. The van der Waals surface area contributed by atoms with Crippen LogP contribution in [0.25, 0.3) is 0 Å². The molecule has 5 heavy (non-hydrogen) atoms. The van der Waals surface area contributed by atoms with Crippen LogP contribution in [0.5, 0.6) is 0 Å². The van der Waals surface area contributed by atoms with Crippen molar-refractivity contribution in [3.8, 4) is 0 Å². The van der Waals surface area contributed by atoms with Crippen molar-refractivity contribution in [2.24, 2.45) is 0 Å². The molecule has 0 saturated carbocycles. The Morgan fingerprint density at radius 3 is 1.80 bits per heavy atom. The summed E-state index contributed by atoms with van der Waals surface area (Å²) in [6.45, 7) is 0. The fraction of sp³-hybridized carbons (Fsp3) is 0. The first-order chi connectivity index (χ1) is 1.73. The summed E-state index contributed by atoms with van der Waals surface area (Å²) in [6.07, 6.45) is 0. The van der Waals surface area contributed by atoms with Crippen LogP contribution in [0.2, 0.25) is 0 Å². The summed E-state index contributed by atoms with van der Waals surface area (Å²) in [7, 11) is 0. The third-order valence-electron chi connectivity index (χ3n) is 0. The van der Waals surface area contributed by atoms with Gasteiger partial charge < -0.3 is 5.21 Å². The molecule has 4 nitrogen and oxygen atoms in total. The predicted molar refractivity (Wildman–Crippen MR) is 8.78 cm³/mol. The van der Waals surface area contributed by atoms with Crippen LogP contribution >= 0.6 is 0 Å². The molecule has 0 unspecified atom stereocenters. The second kappa shape index (κ2) is 3.72. The maximum atomic E-state index is 8.36. The third kappa shape index (κ3) is 140. The van der Waals surface area contributed by atoms with Crippen LogP contribution in [0.15, 0.2) is 0 Å². The first kappa shape index (κ1) is 8.83. The molecule has 29 valence electrons. The van der Waals surface area contributed by atoms with Crippen LogP contribution in [-0.2, 0) is 17.1 Å². The Hall–Kier alpha value is -0.281. The fourth-order valence-electron chi connectivity index (χ4n) is 0. The second-order valence-corrected chi connectivity index (χ2v) is 0.238. The fourth-order valence-corrected chi connectivity index (χ4v) is 0. The van der Waals surface area contributed by atoms with Crippen LogP contribution in [0.4, 0.5) is 0 Å². The number of hydrogen-bond donors (Lipinski definition) is 1. The largest absolute Gasteiger partial charge is 3.00 e. The molecule has 5 heteroatoms. The van der Waals surface area contributed by atoms with E-state index in [1.165, 1.54) is 0 Å². The van der Waals surface area contributed by atoms with E-state index < -0.39 is 5.09 Å². The van der Waals surface area contributed by atoms with Crippen molar-refractivity contribution >= 4 is 0 Å². The summed E-state index contributed by atoms with van der Waals surface area (Å²) in [6, 6.07) is 0. The normalized spacial score (nSPS) is 4.80. The Balaban J connectivity index is 0. The summed E-state index contributed by atoms with van der Waals surface area (Å²) >= 11 is 0. The van der Waals surface area contributed by atoms with Gasteiger partial charge in [-0.25, -0.2) is 0 Å². The Morgan fingerprint density at radius 1 is 1.80 bits per heavy atom. The van der Waals surface area contributed by atoms with Gasteiger partial charge in [-0.05, 0) is 0 Å². The van der Waals surface area contributed by atoms with Crippen LogP contribution < -0.4 is 0 Å². The molecule has 0 amide bonds. The molecule has 0 aliphatic rings. The van der Waals surface area contributed by atoms with Gasteiger partial charge in [0.1, 0.15) is 0 Å². The molecule has 0 aliphatic heterocycles. The van der Waals surface area contributed by atoms with E-state index in [1.807, 2.05) is 0 Å². The van der Waals surface area contributed by atoms with Gasteiger partial charge >= 0.3 is 17.1 Å². The first-order valence-corrected chi connectivity index (χ1v) is 0.565. The standard InChI is InChI=1S/Fe.HNO3/c;2-1(3)4/h;(H,2,3,4)/q+3;. The van der Waals surface area contributed by atoms with E-state index in [0.29, 0.717) is 0 Å². The minimum atomic E-state index is -1.50. The van der Waals surface area contributed by atoms with Gasteiger partial charge in [-0.2, -0.15) is 0 Å². The zero-order valence-electron chi connectivity index (χ0n) is 2.06. The van der Waals surface area contributed by atoms with Crippen molar-refractivity contribution in [3.63, 3.8) is 0 Å². The van der Waals surface area contributed by atoms with E-state index >= 15 is 0 Å². The van der Waals surface area contributed by atoms with Crippen molar-refractivity contribution in [2.75, 3.05) is 0 Å². The van der Waals surface area contributed by atoms with Crippen LogP contribution in [0.1, 0.15) is 0 Å². The Morgan fingerprint density at radius 2 is 1.80 bits per heavy atom. The molecule has 0 heterocycles. The molecule has 0 fully saturated rings. The molecule has 0 aromatic heterocycles. The molecule has 1 N–H and O–H groups in total. The van der Waals surface area contributed by atoms with E-state index in [4.69, 9.17) is 15.3 Å². The van der Waals surface area contributed by atoms with E-state index in [0.717, 1.165) is 0 Å². The summed E-state index contributed by atoms with van der Waals surface area (Å²) in [5.41, 5.74) is 0. The van der Waals surface area contributed by atoms with E-state index in [1.54, 1.807) is 0 Å². The summed E-state index contributed by atoms with van der Waals surface area (Å²) in [4.78, 5) is 8.36. The molecule has 0 rings (SSSR count). The van der Waals surface area contributed by atoms with Crippen LogP contribution in [0, 0.1) is 10.1 Å². The van der Waals surface area contributed by atoms with Gasteiger partial charge in [0.2, 0.25) is 0 Å². The quantitative estimate of drug-likeness (QED) is 0.269. The summed E-state index contributed by atoms with van der Waals surface area (Å²) < 4.78 is 0. The number of rotatable bonds is 0. The van der Waals surface area contributed by atoms with E-state index in [9.17, 15) is 0 Å². The topological polar surface area (TPSA) is 63.4 Å². The van der Waals surface area contributed by atoms with Crippen molar-refractivity contribution in [3.05, 3.63) is 10.1 Å². The van der Waals surface area contributed by atoms with Gasteiger partial charge in [0.25, 0.3) is 5.09 Å². The summed E-state index contributed by atoms with van der Waals surface area (Å²) in [5.74, 6) is 0. The Labute approximate surface area is 38.4 Å². The molecule has 0 atom stereocenters. The minimum absolute atomic E-state index is 0. The molecular formula is HFeNO3+3. The van der Waals surface area contributed by atoms with Crippen molar-refractivity contribution in [1.82, 2.24) is 0 Å². The van der Waals surface area contributed by atoms with Crippen LogP contribution in [-0.4, -0.2) is 10.3 Å². The molecule has 1 radical (unpaired) electrons. The van der Waals surface area contributed by atoms with Gasteiger partial charge in [0.05, 0.1) is 0 Å². The zero-order valence-corrected chi connectivity index (χ0v) is 3.17. The first-order valence-electron chi connectivity index (χ1n) is 0.565. The maximum absolute atomic E-state index is 8.36. The molecular weight excluding hydrogens is 118 g/mol. The van der Waals surface area contributed by atoms with E-state index in [-0.39, 0.29) is 17.1 Å². The minimum Gasteiger partial charge on any atom is -0.328 e. The average molecular weight is 119 g/mol. The average Bonchev–Trinajstić information content (AvgIpc) is 0.811. The van der Waals surface area contributed by atoms with Gasteiger partial charge in [-0.15, -0.1) is 10.1 Å². The number of hydrogen-bond acceptors (Lipinski definition) is 2. The maximum Gasteiger partial charge on any atom is 3.00 e. The molecule has 0 saturated heterocycles.